The van der Waals surface area contributed by atoms with Crippen molar-refractivity contribution in [2.24, 2.45) is 5.92 Å². The molecule has 1 aliphatic rings. The predicted molar refractivity (Wildman–Crippen MR) is 110 cm³/mol. The van der Waals surface area contributed by atoms with E-state index in [2.05, 4.69) is 32.4 Å². The van der Waals surface area contributed by atoms with Crippen molar-refractivity contribution in [2.45, 2.75) is 25.8 Å². The van der Waals surface area contributed by atoms with Gasteiger partial charge < -0.3 is 10.2 Å². The van der Waals surface area contributed by atoms with Gasteiger partial charge in [-0.3, -0.25) is 4.79 Å². The third-order valence-electron chi connectivity index (χ3n) is 5.23. The van der Waals surface area contributed by atoms with E-state index in [1.807, 2.05) is 29.2 Å². The average Bonchev–Trinajstić information content (AvgIpc) is 3.28. The SMILES string of the molecule is CC1CCCN(C(=O)c2ccccc2-n2nccn2)C1CNc1ncc(Cl)cn1. The van der Waals surface area contributed by atoms with E-state index in [1.165, 1.54) is 4.80 Å². The molecule has 29 heavy (non-hydrogen) atoms. The fraction of sp³-hybridized carbons (Fsp3) is 0.350. The number of amides is 1. The van der Waals surface area contributed by atoms with Gasteiger partial charge in [0.25, 0.3) is 5.91 Å². The first kappa shape index (κ1) is 19.3. The van der Waals surface area contributed by atoms with Gasteiger partial charge in [0, 0.05) is 13.1 Å². The smallest absolute Gasteiger partial charge is 0.256 e. The van der Waals surface area contributed by atoms with Crippen LogP contribution in [0.15, 0.2) is 49.1 Å². The monoisotopic (exact) mass is 411 g/mol. The van der Waals surface area contributed by atoms with Crippen LogP contribution in [0.1, 0.15) is 30.1 Å². The van der Waals surface area contributed by atoms with E-state index in [-0.39, 0.29) is 11.9 Å². The van der Waals surface area contributed by atoms with E-state index >= 15 is 0 Å². The van der Waals surface area contributed by atoms with Crippen LogP contribution in [0.4, 0.5) is 5.95 Å². The van der Waals surface area contributed by atoms with E-state index in [0.29, 0.717) is 41.2 Å². The third kappa shape index (κ3) is 4.22. The van der Waals surface area contributed by atoms with Gasteiger partial charge in [-0.05, 0) is 30.9 Å². The minimum atomic E-state index is -0.0201. The second-order valence-electron chi connectivity index (χ2n) is 7.13. The van der Waals surface area contributed by atoms with Gasteiger partial charge in [0.05, 0.1) is 47.1 Å². The van der Waals surface area contributed by atoms with Crippen molar-refractivity contribution in [3.05, 3.63) is 59.6 Å². The molecule has 3 aromatic rings. The molecule has 150 valence electrons. The number of aromatic nitrogens is 5. The lowest BCUT2D eigenvalue weighted by Crippen LogP contribution is -2.51. The van der Waals surface area contributed by atoms with Crippen molar-refractivity contribution in [1.29, 1.82) is 0 Å². The lowest BCUT2D eigenvalue weighted by molar-refractivity contribution is 0.0539. The first-order valence-electron chi connectivity index (χ1n) is 9.61. The lowest BCUT2D eigenvalue weighted by Gasteiger charge is -2.40. The maximum atomic E-state index is 13.5. The number of piperidine rings is 1. The molecule has 1 N–H and O–H groups in total. The Morgan fingerprint density at radius 1 is 1.21 bits per heavy atom. The highest BCUT2D eigenvalue weighted by molar-refractivity contribution is 6.30. The summed E-state index contributed by atoms with van der Waals surface area (Å²) in [6.45, 7) is 3.45. The molecule has 2 aromatic heterocycles. The predicted octanol–water partition coefficient (Wildman–Crippen LogP) is 3.06. The molecular formula is C20H22ClN7O. The molecule has 2 unspecified atom stereocenters. The highest BCUT2D eigenvalue weighted by Crippen LogP contribution is 2.26. The normalized spacial score (nSPS) is 19.2. The van der Waals surface area contributed by atoms with Crippen LogP contribution in [-0.2, 0) is 0 Å². The zero-order valence-corrected chi connectivity index (χ0v) is 16.8. The van der Waals surface area contributed by atoms with Gasteiger partial charge in [0.1, 0.15) is 0 Å². The van der Waals surface area contributed by atoms with E-state index in [0.717, 1.165) is 12.8 Å². The van der Waals surface area contributed by atoms with Gasteiger partial charge in [0.15, 0.2) is 0 Å². The second kappa shape index (κ2) is 8.57. The van der Waals surface area contributed by atoms with Crippen molar-refractivity contribution >= 4 is 23.5 Å². The molecule has 2 atom stereocenters. The zero-order valence-electron chi connectivity index (χ0n) is 16.1. The number of rotatable bonds is 5. The molecule has 0 bridgehead atoms. The van der Waals surface area contributed by atoms with Gasteiger partial charge in [-0.15, -0.1) is 0 Å². The molecule has 0 aliphatic carbocycles. The van der Waals surface area contributed by atoms with Gasteiger partial charge in [0.2, 0.25) is 5.95 Å². The van der Waals surface area contributed by atoms with Crippen molar-refractivity contribution in [2.75, 3.05) is 18.4 Å². The Labute approximate surface area is 173 Å². The molecule has 1 aromatic carbocycles. The highest BCUT2D eigenvalue weighted by Gasteiger charge is 2.33. The fourth-order valence-electron chi connectivity index (χ4n) is 3.74. The number of para-hydroxylation sites is 1. The number of halogens is 1. The Morgan fingerprint density at radius 2 is 1.93 bits per heavy atom. The number of carbonyl (C=O) groups is 1. The van der Waals surface area contributed by atoms with Crippen LogP contribution in [0.2, 0.25) is 5.02 Å². The number of hydrogen-bond acceptors (Lipinski definition) is 6. The molecule has 0 radical (unpaired) electrons. The quantitative estimate of drug-likeness (QED) is 0.694. The summed E-state index contributed by atoms with van der Waals surface area (Å²) in [5.74, 6) is 0.830. The first-order chi connectivity index (χ1) is 14.1. The average molecular weight is 412 g/mol. The Bertz CT molecular complexity index is 961. The van der Waals surface area contributed by atoms with Crippen LogP contribution in [0, 0.1) is 5.92 Å². The molecule has 9 heteroatoms. The Hall–Kier alpha value is -3.00. The topological polar surface area (TPSA) is 88.8 Å². The number of nitrogens with zero attached hydrogens (tertiary/aromatic N) is 6. The van der Waals surface area contributed by atoms with Gasteiger partial charge in [-0.1, -0.05) is 30.7 Å². The maximum absolute atomic E-state index is 13.5. The molecule has 0 spiro atoms. The molecule has 0 saturated carbocycles. The molecular weight excluding hydrogens is 390 g/mol. The first-order valence-corrected chi connectivity index (χ1v) is 9.99. The number of hydrogen-bond donors (Lipinski definition) is 1. The van der Waals surface area contributed by atoms with Gasteiger partial charge in [-0.25, -0.2) is 9.97 Å². The van der Waals surface area contributed by atoms with Gasteiger partial charge >= 0.3 is 0 Å². The number of benzene rings is 1. The molecule has 1 saturated heterocycles. The Balaban J connectivity index is 1.57. The Morgan fingerprint density at radius 3 is 2.69 bits per heavy atom. The summed E-state index contributed by atoms with van der Waals surface area (Å²) >= 11 is 5.86. The summed E-state index contributed by atoms with van der Waals surface area (Å²) < 4.78 is 0. The lowest BCUT2D eigenvalue weighted by atomic mass is 9.90. The number of nitrogens with one attached hydrogen (secondary N) is 1. The number of anilines is 1. The standard InChI is InChI=1S/C20H22ClN7O/c1-14-5-4-10-27(18(14)13-24-20-22-11-15(21)12-23-20)19(29)16-6-2-3-7-17(16)28-25-8-9-26-28/h2-3,6-9,11-12,14,18H,4-5,10,13H2,1H3,(H,22,23,24). The van der Waals surface area contributed by atoms with E-state index in [9.17, 15) is 4.79 Å². The molecule has 1 aliphatic heterocycles. The largest absolute Gasteiger partial charge is 0.352 e. The van der Waals surface area contributed by atoms with Crippen LogP contribution < -0.4 is 5.32 Å². The van der Waals surface area contributed by atoms with Gasteiger partial charge in [-0.2, -0.15) is 15.0 Å². The summed E-state index contributed by atoms with van der Waals surface area (Å²) in [5.41, 5.74) is 1.26. The van der Waals surface area contributed by atoms with Crippen molar-refractivity contribution in [3.63, 3.8) is 0 Å². The van der Waals surface area contributed by atoms with Crippen LogP contribution in [0.5, 0.6) is 0 Å². The molecule has 4 rings (SSSR count). The molecule has 1 fully saturated rings. The minimum Gasteiger partial charge on any atom is -0.352 e. The molecule has 3 heterocycles. The minimum absolute atomic E-state index is 0.0201. The summed E-state index contributed by atoms with van der Waals surface area (Å²) in [5, 5.41) is 12.1. The summed E-state index contributed by atoms with van der Waals surface area (Å²) in [7, 11) is 0. The highest BCUT2D eigenvalue weighted by atomic mass is 35.5. The number of carbonyl (C=O) groups excluding carboxylic acids is 1. The molecule has 8 nitrogen and oxygen atoms in total. The summed E-state index contributed by atoms with van der Waals surface area (Å²) in [6, 6.07) is 7.45. The third-order valence-corrected chi connectivity index (χ3v) is 5.43. The van der Waals surface area contributed by atoms with E-state index < -0.39 is 0 Å². The van der Waals surface area contributed by atoms with Crippen molar-refractivity contribution in [3.8, 4) is 5.69 Å². The van der Waals surface area contributed by atoms with Crippen LogP contribution in [-0.4, -0.2) is 54.9 Å². The number of likely N-dealkylation sites (tertiary alicyclic amines) is 1. The Kier molecular flexibility index (Phi) is 5.71. The van der Waals surface area contributed by atoms with Crippen LogP contribution >= 0.6 is 11.6 Å². The van der Waals surface area contributed by atoms with E-state index in [4.69, 9.17) is 11.6 Å². The van der Waals surface area contributed by atoms with Crippen molar-refractivity contribution < 1.29 is 4.79 Å². The van der Waals surface area contributed by atoms with Crippen LogP contribution in [0.3, 0.4) is 0 Å². The molecule has 1 amide bonds. The van der Waals surface area contributed by atoms with Crippen LogP contribution in [0.25, 0.3) is 5.69 Å². The van der Waals surface area contributed by atoms with E-state index in [1.54, 1.807) is 24.8 Å². The second-order valence-corrected chi connectivity index (χ2v) is 7.56. The summed E-state index contributed by atoms with van der Waals surface area (Å²) in [4.78, 5) is 25.3. The van der Waals surface area contributed by atoms with Crippen molar-refractivity contribution in [1.82, 2.24) is 29.9 Å². The summed E-state index contributed by atoms with van der Waals surface area (Å²) in [6.07, 6.45) is 8.35. The zero-order chi connectivity index (χ0) is 20.2. The maximum Gasteiger partial charge on any atom is 0.256 e. The fourth-order valence-corrected chi connectivity index (χ4v) is 3.83.